The van der Waals surface area contributed by atoms with Gasteiger partial charge in [0.25, 0.3) is 0 Å². The van der Waals surface area contributed by atoms with Gasteiger partial charge >= 0.3 is 285 Å². The summed E-state index contributed by atoms with van der Waals surface area (Å²) < 4.78 is 141. The average molecular weight is 2040 g/mol. The number of benzene rings is 8. The minimum atomic E-state index is -5.84. The smallest absolute Gasteiger partial charge is 0.144 e. The van der Waals surface area contributed by atoms with Crippen LogP contribution in [0.1, 0.15) is 102 Å². The van der Waals surface area contributed by atoms with Crippen LogP contribution in [0.15, 0.2) is 246 Å². The van der Waals surface area contributed by atoms with Crippen LogP contribution < -0.4 is 8.79 Å². The molecule has 604 valence electrons. The van der Waals surface area contributed by atoms with Gasteiger partial charge in [0.05, 0.1) is 11.3 Å². The molecule has 8 aromatic carbocycles. The maximum Gasteiger partial charge on any atom is 0.144 e. The molecule has 0 aliphatic heterocycles. The van der Waals surface area contributed by atoms with Gasteiger partial charge in [-0.1, -0.05) is 135 Å². The van der Waals surface area contributed by atoms with Gasteiger partial charge < -0.3 is 24.0 Å². The minimum absolute atomic E-state index is 0. The summed E-state index contributed by atoms with van der Waals surface area (Å²) in [6, 6.07) is 79.2. The number of para-hydroxylation sites is 1. The van der Waals surface area contributed by atoms with Crippen molar-refractivity contribution < 1.29 is 96.4 Å². The molecule has 0 saturated heterocycles. The third kappa shape index (κ3) is 26.8. The molecular weight excluding hydrogens is 1930 g/mol. The Morgan fingerprint density at radius 2 is 0.851 bits per heavy atom. The fourth-order valence-electron chi connectivity index (χ4n) is 12.1. The molecule has 0 unspecified atom stereocenters. The van der Waals surface area contributed by atoms with E-state index in [9.17, 15) is 13.2 Å². The Bertz CT molecular complexity index is 5570. The number of furan rings is 2. The Kier molecular flexibility index (Phi) is 30.5. The number of hydrogen-bond acceptors (Lipinski definition) is 10. The van der Waals surface area contributed by atoms with E-state index in [0.717, 1.165) is 134 Å². The van der Waals surface area contributed by atoms with Gasteiger partial charge in [0, 0.05) is 94.0 Å². The predicted molar refractivity (Wildman–Crippen MR) is 464 cm³/mol. The van der Waals surface area contributed by atoms with Crippen molar-refractivity contribution in [3.8, 4) is 67.3 Å². The van der Waals surface area contributed by atoms with Crippen molar-refractivity contribution in [1.29, 1.82) is 0 Å². The van der Waals surface area contributed by atoms with Crippen molar-refractivity contribution in [3.63, 3.8) is 0 Å². The van der Waals surface area contributed by atoms with Gasteiger partial charge in [0.2, 0.25) is 0 Å². The van der Waals surface area contributed by atoms with Crippen LogP contribution in [0.4, 0.5) is 13.2 Å². The molecule has 3 N–H and O–H groups in total. The van der Waals surface area contributed by atoms with E-state index in [1.165, 1.54) is 5.56 Å². The van der Waals surface area contributed by atoms with Crippen molar-refractivity contribution in [3.05, 3.63) is 278 Å². The Hall–Kier alpha value is -8.04. The van der Waals surface area contributed by atoms with Gasteiger partial charge in [-0.2, -0.15) is 21.6 Å². The summed E-state index contributed by atoms with van der Waals surface area (Å²) >= 11 is -4.48. The van der Waals surface area contributed by atoms with Crippen LogP contribution in [-0.4, -0.2) is 89.4 Å². The molecule has 0 atom stereocenters. The van der Waals surface area contributed by atoms with Gasteiger partial charge in [0.1, 0.15) is 16.7 Å². The largest absolute Gasteiger partial charge is 0.501 e. The average Bonchev–Trinajstić information content (AvgIpc) is 1.24. The first-order valence-corrected chi connectivity index (χ1v) is 52.9. The van der Waals surface area contributed by atoms with E-state index < -0.39 is 78.5 Å². The maximum atomic E-state index is 10.7. The molecule has 0 aliphatic carbocycles. The van der Waals surface area contributed by atoms with Crippen LogP contribution >= 0.6 is 0 Å². The van der Waals surface area contributed by atoms with Gasteiger partial charge in [0.15, 0.2) is 0 Å². The third-order valence-electron chi connectivity index (χ3n) is 16.8. The number of nitrogens with zero attached hydrogens (tertiary/aromatic N) is 4. The number of aromatic nitrogens is 4. The maximum absolute atomic E-state index is 10.7. The Morgan fingerprint density at radius 1 is 0.447 bits per heavy atom. The molecule has 6 aromatic heterocycles. The fourth-order valence-corrected chi connectivity index (χ4v) is 17.9. The van der Waals surface area contributed by atoms with E-state index in [1.807, 2.05) is 227 Å². The van der Waals surface area contributed by atoms with Crippen LogP contribution in [0.25, 0.3) is 111 Å². The number of aliphatic hydroxyl groups excluding tert-OH is 2. The van der Waals surface area contributed by atoms with E-state index in [-0.39, 0.29) is 52.0 Å². The SMILES string of the molecule is CO.CO.O=S(=O)(O)C(F)(F)F.[2H]C([2H])(c1cc(-c2[c-]cccc2)nc[c]1[Ge]([CH3])([CH3])[CH3])C(C)(C)C.[2H]C([2H])(c1cc(-c2[c-]cccc2)nc[c]1[Ge]([CH3])([CH3])[CH3])C(C)(C)C.[2H]C([2H])(c1ccnc(-c2[c-]ccc3c2oc2ccc(-c4ccccc4)cc23)c1)C(C)C.[2H]C([2H])(c1ccnc(-c2cccc3c2oc2ccc(-c4ccccc4)cc23)c1)C(C)C.[Ir].[Ir]. The number of aliphatic hydroxyl groups is 2. The first-order valence-electron chi connectivity index (χ1n) is 40.8. The van der Waals surface area contributed by atoms with E-state index in [4.69, 9.17) is 43.0 Å². The molecule has 19 heteroatoms. The summed E-state index contributed by atoms with van der Waals surface area (Å²) in [7, 11) is -3.84. The van der Waals surface area contributed by atoms with E-state index in [0.29, 0.717) is 16.8 Å². The standard InChI is InChI=1S/C27H23NO.C27H22NO.2C19H26GeN.CHF3O3S.2CH4O.2Ir/c2*1-18(2)15-19-13-14-28-25(16-19)23-10-6-9-22-24-17-21(20-7-4-3-5-8-20)11-12-26(24)29-27(22)23;2*1-19(2,3)13-16-12-18(15-10-8-7-9-11-15)21-14-17(16)20(4,5)6;2-1(3,4)8(5,6)7;2*1-2;;/h3-14,16-18H,15H2,1-2H3;3-9,11-14,16-18H,15H2,1-2H3;2*7-10,12,14H,13H2,1-6H3;(H,5,6,7);2*2H,1H3;;/q;3*-1;;;;;/i2*15D2;2*13D2;;;;;. The quantitative estimate of drug-likeness (QED) is 0.0409. The summed E-state index contributed by atoms with van der Waals surface area (Å²) in [6.45, 7) is 19.3. The normalized spacial score (nSPS) is 13.1. The topological polar surface area (TPSA) is 173 Å². The molecule has 0 bridgehead atoms. The molecule has 0 amide bonds. The molecule has 14 aromatic rings. The van der Waals surface area contributed by atoms with Crippen LogP contribution in [0.3, 0.4) is 0 Å². The van der Waals surface area contributed by atoms with Crippen LogP contribution in [0, 0.1) is 40.9 Å². The van der Waals surface area contributed by atoms with E-state index in [2.05, 4.69) is 127 Å². The van der Waals surface area contributed by atoms with Crippen molar-refractivity contribution in [2.24, 2.45) is 22.7 Å². The van der Waals surface area contributed by atoms with Gasteiger partial charge in [-0.3, -0.25) is 9.54 Å². The zero-order valence-corrected chi connectivity index (χ0v) is 77.4. The Balaban J connectivity index is 0.000000242. The molecule has 0 fully saturated rings. The number of halogens is 3. The molecule has 14 rings (SSSR count). The summed E-state index contributed by atoms with van der Waals surface area (Å²) in [5, 5.41) is 18.1. The second kappa shape index (κ2) is 42.2. The van der Waals surface area contributed by atoms with E-state index in [1.54, 1.807) is 24.5 Å². The minimum Gasteiger partial charge on any atom is -0.501 e. The molecule has 2 radical (unpaired) electrons. The second-order valence-electron chi connectivity index (χ2n) is 31.0. The number of alkyl halides is 3. The molecule has 0 aliphatic rings. The van der Waals surface area contributed by atoms with Crippen LogP contribution in [-0.2, 0) is 75.8 Å². The number of rotatable bonds is 14. The fraction of sp³-hybridized carbons (Fsp3) is 0.284. The number of hydrogen-bond donors (Lipinski definition) is 3. The first-order chi connectivity index (χ1) is 56.0. The van der Waals surface area contributed by atoms with Gasteiger partial charge in [-0.25, -0.2) is 0 Å². The number of fused-ring (bicyclic) bond motifs is 6. The van der Waals surface area contributed by atoms with Crippen molar-refractivity contribution in [2.45, 2.75) is 135 Å². The first kappa shape index (κ1) is 82.5. The monoisotopic (exact) mass is 2050 g/mol. The van der Waals surface area contributed by atoms with Gasteiger partial charge in [-0.15, -0.1) is 18.2 Å². The zero-order chi connectivity index (χ0) is 89.1. The predicted octanol–water partition coefficient (Wildman–Crippen LogP) is 23.8. The Labute approximate surface area is 716 Å². The van der Waals surface area contributed by atoms with Crippen LogP contribution in [0.5, 0.6) is 0 Å². The second-order valence-corrected chi connectivity index (χ2v) is 53.6. The molecule has 114 heavy (non-hydrogen) atoms. The summed E-state index contributed by atoms with van der Waals surface area (Å²) in [4.78, 5) is 18.3. The van der Waals surface area contributed by atoms with Crippen molar-refractivity contribution in [2.75, 3.05) is 14.2 Å². The zero-order valence-electron chi connectivity index (χ0n) is 75.6. The molecular formula is C95H106F3Ge2Ir2N4O7S-3. The van der Waals surface area contributed by atoms with Crippen molar-refractivity contribution >= 4 is 89.3 Å². The molecule has 0 saturated carbocycles. The van der Waals surface area contributed by atoms with Gasteiger partial charge in [-0.05, 0) is 107 Å². The van der Waals surface area contributed by atoms with E-state index >= 15 is 0 Å². The summed E-state index contributed by atoms with van der Waals surface area (Å²) in [6.07, 6.45) is 1.48. The summed E-state index contributed by atoms with van der Waals surface area (Å²) in [5.74, 6) is 13.4. The Morgan fingerprint density at radius 3 is 1.25 bits per heavy atom. The molecule has 6 heterocycles. The van der Waals surface area contributed by atoms with Crippen molar-refractivity contribution in [1.82, 2.24) is 19.9 Å². The third-order valence-corrected chi connectivity index (χ3v) is 25.8. The molecule has 0 spiro atoms. The number of pyridine rings is 4. The summed E-state index contributed by atoms with van der Waals surface area (Å²) in [5.41, 5.74) is 10.5. The molecule has 11 nitrogen and oxygen atoms in total. The van der Waals surface area contributed by atoms with Crippen LogP contribution in [0.2, 0.25) is 34.5 Å².